The van der Waals surface area contributed by atoms with Gasteiger partial charge in [-0.05, 0) is 12.1 Å². The van der Waals surface area contributed by atoms with Gasteiger partial charge in [0.2, 0.25) is 5.91 Å². The van der Waals surface area contributed by atoms with Crippen molar-refractivity contribution in [2.75, 3.05) is 0 Å². The van der Waals surface area contributed by atoms with E-state index in [9.17, 15) is 14.9 Å². The zero-order valence-corrected chi connectivity index (χ0v) is 8.98. The lowest BCUT2D eigenvalue weighted by Gasteiger charge is -2.10. The summed E-state index contributed by atoms with van der Waals surface area (Å²) in [4.78, 5) is 20.8. The maximum Gasteiger partial charge on any atom is 0.274 e. The molecule has 0 spiro atoms. The molecule has 6 nitrogen and oxygen atoms in total. The van der Waals surface area contributed by atoms with Gasteiger partial charge in [0.15, 0.2) is 0 Å². The summed E-state index contributed by atoms with van der Waals surface area (Å²) in [6.45, 7) is 0. The number of halogens is 1. The van der Waals surface area contributed by atoms with E-state index in [1.165, 1.54) is 18.2 Å². The zero-order chi connectivity index (χ0) is 12.3. The molecular formula is C9H10ClN3O3. The number of amides is 1. The van der Waals surface area contributed by atoms with E-state index in [4.69, 9.17) is 23.1 Å². The molecule has 0 aliphatic carbocycles. The van der Waals surface area contributed by atoms with Crippen LogP contribution in [0.25, 0.3) is 0 Å². The molecule has 0 saturated heterocycles. The first-order valence-electron chi connectivity index (χ1n) is 4.39. The van der Waals surface area contributed by atoms with Gasteiger partial charge in [0, 0.05) is 29.1 Å². The molecule has 1 amide bonds. The number of primary amides is 1. The second kappa shape index (κ2) is 4.91. The quantitative estimate of drug-likeness (QED) is 0.609. The minimum Gasteiger partial charge on any atom is -0.370 e. The fourth-order valence-electron chi connectivity index (χ4n) is 1.32. The second-order valence-corrected chi connectivity index (χ2v) is 3.67. The maximum absolute atomic E-state index is 10.7. The largest absolute Gasteiger partial charge is 0.370 e. The van der Waals surface area contributed by atoms with Gasteiger partial charge < -0.3 is 11.5 Å². The first kappa shape index (κ1) is 12.4. The van der Waals surface area contributed by atoms with Gasteiger partial charge in [0.25, 0.3) is 5.69 Å². The Morgan fingerprint density at radius 2 is 2.19 bits per heavy atom. The van der Waals surface area contributed by atoms with E-state index in [1.54, 1.807) is 0 Å². The molecule has 0 fully saturated rings. The molecular weight excluding hydrogens is 234 g/mol. The van der Waals surface area contributed by atoms with Crippen molar-refractivity contribution < 1.29 is 9.72 Å². The topological polar surface area (TPSA) is 112 Å². The number of rotatable bonds is 4. The van der Waals surface area contributed by atoms with E-state index < -0.39 is 16.9 Å². The predicted octanol–water partition coefficient (Wildman–Crippen LogP) is 1.12. The van der Waals surface area contributed by atoms with Crippen LogP contribution in [-0.4, -0.2) is 10.8 Å². The highest BCUT2D eigenvalue weighted by Crippen LogP contribution is 2.28. The van der Waals surface area contributed by atoms with Crippen LogP contribution in [0.2, 0.25) is 5.02 Å². The van der Waals surface area contributed by atoms with Crippen molar-refractivity contribution in [2.24, 2.45) is 11.5 Å². The van der Waals surface area contributed by atoms with Crippen LogP contribution in [0.3, 0.4) is 0 Å². The molecule has 16 heavy (non-hydrogen) atoms. The van der Waals surface area contributed by atoms with Gasteiger partial charge in [0.05, 0.1) is 4.92 Å². The van der Waals surface area contributed by atoms with E-state index in [2.05, 4.69) is 0 Å². The monoisotopic (exact) mass is 243 g/mol. The lowest BCUT2D eigenvalue weighted by atomic mass is 10.0. The Balaban J connectivity index is 3.13. The van der Waals surface area contributed by atoms with Gasteiger partial charge in [-0.3, -0.25) is 14.9 Å². The van der Waals surface area contributed by atoms with Crippen LogP contribution in [0.5, 0.6) is 0 Å². The molecule has 0 radical (unpaired) electrons. The third kappa shape index (κ3) is 2.91. The van der Waals surface area contributed by atoms with Crippen molar-refractivity contribution in [1.29, 1.82) is 0 Å². The molecule has 1 aromatic carbocycles. The van der Waals surface area contributed by atoms with Crippen molar-refractivity contribution in [3.05, 3.63) is 38.9 Å². The number of benzene rings is 1. The first-order chi connectivity index (χ1) is 7.41. The van der Waals surface area contributed by atoms with Crippen molar-refractivity contribution in [3.8, 4) is 0 Å². The summed E-state index contributed by atoms with van der Waals surface area (Å²) in [6.07, 6.45) is -0.165. The van der Waals surface area contributed by atoms with E-state index in [-0.39, 0.29) is 17.7 Å². The second-order valence-electron chi connectivity index (χ2n) is 3.24. The van der Waals surface area contributed by atoms with Crippen molar-refractivity contribution in [1.82, 2.24) is 0 Å². The summed E-state index contributed by atoms with van der Waals surface area (Å²) in [5, 5.41) is 11.0. The number of nitro benzene ring substituents is 1. The molecule has 0 bridgehead atoms. The van der Waals surface area contributed by atoms with E-state index >= 15 is 0 Å². The number of nitrogens with zero attached hydrogens (tertiary/aromatic N) is 1. The highest BCUT2D eigenvalue weighted by atomic mass is 35.5. The van der Waals surface area contributed by atoms with Gasteiger partial charge >= 0.3 is 0 Å². The first-order valence-corrected chi connectivity index (χ1v) is 4.77. The summed E-state index contributed by atoms with van der Waals surface area (Å²) in [6, 6.07) is 3.18. The Kier molecular flexibility index (Phi) is 3.81. The lowest BCUT2D eigenvalue weighted by molar-refractivity contribution is -0.385. The standard InChI is InChI=1S/C9H10ClN3O3/c10-5-1-2-8(13(15)16)6(3-5)7(11)4-9(12)14/h1-3,7H,4,11H2,(H2,12,14). The smallest absolute Gasteiger partial charge is 0.274 e. The summed E-state index contributed by atoms with van der Waals surface area (Å²) >= 11 is 5.71. The molecule has 0 aliphatic heterocycles. The number of carbonyl (C=O) groups is 1. The number of nitro groups is 1. The third-order valence-corrected chi connectivity index (χ3v) is 2.24. The number of hydrogen-bond acceptors (Lipinski definition) is 4. The van der Waals surface area contributed by atoms with Crippen LogP contribution in [0.15, 0.2) is 18.2 Å². The maximum atomic E-state index is 10.7. The van der Waals surface area contributed by atoms with Crippen LogP contribution in [0, 0.1) is 10.1 Å². The predicted molar refractivity (Wildman–Crippen MR) is 58.8 cm³/mol. The summed E-state index contributed by atoms with van der Waals surface area (Å²) in [7, 11) is 0. The van der Waals surface area contributed by atoms with Gasteiger partial charge in [0.1, 0.15) is 0 Å². The Morgan fingerprint density at radius 1 is 1.56 bits per heavy atom. The number of nitrogens with two attached hydrogens (primary N) is 2. The average Bonchev–Trinajstić information content (AvgIpc) is 2.15. The van der Waals surface area contributed by atoms with Gasteiger partial charge in [-0.2, -0.15) is 0 Å². The minimum absolute atomic E-state index is 0.165. The highest BCUT2D eigenvalue weighted by Gasteiger charge is 2.20. The normalized spacial score (nSPS) is 12.1. The molecule has 1 unspecified atom stereocenters. The summed E-state index contributed by atoms with van der Waals surface area (Å²) in [5.41, 5.74) is 10.6. The SMILES string of the molecule is NC(=O)CC(N)c1cc(Cl)ccc1[N+](=O)[O-]. The fraction of sp³-hybridized carbons (Fsp3) is 0.222. The molecule has 1 atom stereocenters. The Morgan fingerprint density at radius 3 is 2.69 bits per heavy atom. The van der Waals surface area contributed by atoms with Crippen LogP contribution >= 0.6 is 11.6 Å². The van der Waals surface area contributed by atoms with E-state index in [0.29, 0.717) is 5.02 Å². The molecule has 1 rings (SSSR count). The van der Waals surface area contributed by atoms with E-state index in [0.717, 1.165) is 0 Å². The molecule has 86 valence electrons. The lowest BCUT2D eigenvalue weighted by Crippen LogP contribution is -2.21. The van der Waals surface area contributed by atoms with Crippen LogP contribution in [-0.2, 0) is 4.79 Å². The summed E-state index contributed by atoms with van der Waals surface area (Å²) < 4.78 is 0. The molecule has 0 heterocycles. The van der Waals surface area contributed by atoms with Gasteiger partial charge in [-0.15, -0.1) is 0 Å². The van der Waals surface area contributed by atoms with Gasteiger partial charge in [-0.1, -0.05) is 11.6 Å². The van der Waals surface area contributed by atoms with Crippen LogP contribution in [0.4, 0.5) is 5.69 Å². The van der Waals surface area contributed by atoms with Crippen molar-refractivity contribution in [3.63, 3.8) is 0 Å². The molecule has 1 aromatic rings. The Hall–Kier alpha value is -1.66. The third-order valence-electron chi connectivity index (χ3n) is 2.01. The molecule has 7 heteroatoms. The number of hydrogen-bond donors (Lipinski definition) is 2. The number of carbonyl (C=O) groups excluding carboxylic acids is 1. The van der Waals surface area contributed by atoms with Crippen LogP contribution in [0.1, 0.15) is 18.0 Å². The van der Waals surface area contributed by atoms with Crippen LogP contribution < -0.4 is 11.5 Å². The van der Waals surface area contributed by atoms with Crippen molar-refractivity contribution >= 4 is 23.2 Å². The van der Waals surface area contributed by atoms with Gasteiger partial charge in [-0.25, -0.2) is 0 Å². The Bertz CT molecular complexity index is 436. The highest BCUT2D eigenvalue weighted by molar-refractivity contribution is 6.30. The van der Waals surface area contributed by atoms with E-state index in [1.807, 2.05) is 0 Å². The Labute approximate surface area is 96.3 Å². The molecule has 0 aliphatic rings. The minimum atomic E-state index is -0.823. The molecule has 4 N–H and O–H groups in total. The van der Waals surface area contributed by atoms with Crippen molar-refractivity contribution in [2.45, 2.75) is 12.5 Å². The zero-order valence-electron chi connectivity index (χ0n) is 8.22. The fourth-order valence-corrected chi connectivity index (χ4v) is 1.50. The molecule has 0 saturated carbocycles. The average molecular weight is 244 g/mol. The summed E-state index contributed by atoms with van der Waals surface area (Å²) in [5.74, 6) is -0.623. The molecule has 0 aromatic heterocycles.